The first-order chi connectivity index (χ1) is 16.7. The Kier molecular flexibility index (Phi) is 7.23. The number of hydrogen-bond acceptors (Lipinski definition) is 3. The number of ether oxygens (including phenoxy) is 1. The fourth-order valence-electron chi connectivity index (χ4n) is 9.90. The number of carbonyl (C=O) groups is 1. The van der Waals surface area contributed by atoms with Gasteiger partial charge in [0.1, 0.15) is 4.88 Å². The Bertz CT molecular complexity index is 917. The van der Waals surface area contributed by atoms with Crippen LogP contribution < -0.4 is 0 Å². The highest BCUT2D eigenvalue weighted by Crippen LogP contribution is 2.68. The van der Waals surface area contributed by atoms with E-state index < -0.39 is 0 Å². The Morgan fingerprint density at radius 1 is 1.06 bits per heavy atom. The van der Waals surface area contributed by atoms with Crippen molar-refractivity contribution in [3.63, 3.8) is 0 Å². The number of esters is 1. The van der Waals surface area contributed by atoms with E-state index in [9.17, 15) is 4.79 Å². The van der Waals surface area contributed by atoms with Crippen molar-refractivity contribution in [2.75, 3.05) is 6.61 Å². The van der Waals surface area contributed by atoms with Gasteiger partial charge in [0.25, 0.3) is 0 Å². The lowest BCUT2D eigenvalue weighted by atomic mass is 9.44. The normalized spacial score (nSPS) is 38.9. The molecule has 3 saturated carbocycles. The fourth-order valence-corrected chi connectivity index (χ4v) is 11.1. The van der Waals surface area contributed by atoms with Crippen LogP contribution in [0.4, 0.5) is 0 Å². The molecule has 8 atom stereocenters. The molecule has 0 aromatic carbocycles. The predicted octanol–water partition coefficient (Wildman–Crippen LogP) is 8.96. The number of carbonyl (C=O) groups excluding carboxylic acids is 1. The second-order valence-electron chi connectivity index (χ2n) is 13.8. The van der Waals surface area contributed by atoms with Crippen LogP contribution in [0.2, 0.25) is 0 Å². The summed E-state index contributed by atoms with van der Waals surface area (Å²) < 4.78 is 5.33. The van der Waals surface area contributed by atoms with Gasteiger partial charge >= 0.3 is 5.97 Å². The molecule has 1 heterocycles. The molecule has 0 bridgehead atoms. The molecule has 1 aromatic heterocycles. The van der Waals surface area contributed by atoms with E-state index in [1.807, 2.05) is 6.92 Å². The molecule has 3 heteroatoms. The van der Waals surface area contributed by atoms with Gasteiger partial charge in [-0.05, 0) is 122 Å². The first-order valence-electron chi connectivity index (χ1n) is 15.0. The minimum Gasteiger partial charge on any atom is -0.462 e. The van der Waals surface area contributed by atoms with Crippen molar-refractivity contribution >= 4 is 17.3 Å². The SMILES string of the molecule is CCOC(=O)c1cc2c(s1)C[C@@H]1CC[C@@H]3[C@H](CC[C@]4(C)[C@@H]([C@H](C)CCCC(C)C)CC[C@@H]34)[C@@]1(C)C2. The maximum atomic E-state index is 12.4. The number of thiophene rings is 1. The minimum absolute atomic E-state index is 0.120. The minimum atomic E-state index is -0.120. The van der Waals surface area contributed by atoms with Crippen LogP contribution in [0.3, 0.4) is 0 Å². The smallest absolute Gasteiger partial charge is 0.348 e. The molecule has 0 N–H and O–H groups in total. The van der Waals surface area contributed by atoms with E-state index in [0.29, 0.717) is 17.4 Å². The van der Waals surface area contributed by atoms with Crippen LogP contribution in [0.15, 0.2) is 6.07 Å². The van der Waals surface area contributed by atoms with E-state index >= 15 is 0 Å². The van der Waals surface area contributed by atoms with Gasteiger partial charge in [0.05, 0.1) is 6.61 Å². The van der Waals surface area contributed by atoms with Crippen LogP contribution in [0.5, 0.6) is 0 Å². The second-order valence-corrected chi connectivity index (χ2v) is 15.0. The van der Waals surface area contributed by atoms with Gasteiger partial charge in [-0.1, -0.05) is 53.9 Å². The van der Waals surface area contributed by atoms with E-state index in [1.165, 1.54) is 81.1 Å². The lowest BCUT2D eigenvalue weighted by Crippen LogP contribution is -2.54. The molecule has 4 aliphatic carbocycles. The molecule has 35 heavy (non-hydrogen) atoms. The lowest BCUT2D eigenvalue weighted by Gasteiger charge is -2.60. The third kappa shape index (κ3) is 4.44. The van der Waals surface area contributed by atoms with Crippen molar-refractivity contribution in [3.8, 4) is 0 Å². The molecule has 0 unspecified atom stereocenters. The largest absolute Gasteiger partial charge is 0.462 e. The zero-order valence-electron chi connectivity index (χ0n) is 23.3. The molecule has 0 radical (unpaired) electrons. The summed E-state index contributed by atoms with van der Waals surface area (Å²) in [7, 11) is 0. The topological polar surface area (TPSA) is 26.3 Å². The average molecular weight is 499 g/mol. The lowest BCUT2D eigenvalue weighted by molar-refractivity contribution is -0.103. The molecule has 0 saturated heterocycles. The molecule has 1 aromatic rings. The average Bonchev–Trinajstić information content (AvgIpc) is 3.37. The maximum Gasteiger partial charge on any atom is 0.348 e. The zero-order chi connectivity index (χ0) is 25.0. The van der Waals surface area contributed by atoms with E-state index in [2.05, 4.69) is 40.7 Å². The first kappa shape index (κ1) is 25.8. The van der Waals surface area contributed by atoms with Gasteiger partial charge in [-0.3, -0.25) is 0 Å². The molecule has 4 aliphatic rings. The summed E-state index contributed by atoms with van der Waals surface area (Å²) in [6.45, 7) is 15.0. The van der Waals surface area contributed by atoms with Crippen molar-refractivity contribution in [1.29, 1.82) is 0 Å². The molecule has 196 valence electrons. The van der Waals surface area contributed by atoms with E-state index in [4.69, 9.17) is 4.74 Å². The van der Waals surface area contributed by atoms with Crippen molar-refractivity contribution in [2.24, 2.45) is 52.3 Å². The van der Waals surface area contributed by atoms with Crippen LogP contribution in [0, 0.1) is 52.3 Å². The first-order valence-corrected chi connectivity index (χ1v) is 15.8. The Morgan fingerprint density at radius 2 is 1.83 bits per heavy atom. The van der Waals surface area contributed by atoms with Crippen LogP contribution in [-0.4, -0.2) is 12.6 Å². The number of rotatable bonds is 7. The van der Waals surface area contributed by atoms with Gasteiger partial charge in [0, 0.05) is 4.88 Å². The second kappa shape index (κ2) is 9.80. The molecule has 5 rings (SSSR count). The van der Waals surface area contributed by atoms with Crippen molar-refractivity contribution in [1.82, 2.24) is 0 Å². The standard InChI is InChI=1S/C32H50O2S/c1-7-34-30(33)29-17-22-19-32(6)23(18-28(22)35-29)11-12-24-26-14-13-25(21(4)10-8-9-20(2)3)31(26,5)16-15-27(24)32/h17,20-21,23-27H,7-16,18-19H2,1-6H3/t21-,23+,24+,25-,26+,27+,31-,32+/m1/s1. The van der Waals surface area contributed by atoms with Gasteiger partial charge < -0.3 is 4.74 Å². The predicted molar refractivity (Wildman–Crippen MR) is 147 cm³/mol. The summed E-state index contributed by atoms with van der Waals surface area (Å²) in [6.07, 6.45) is 15.3. The van der Waals surface area contributed by atoms with Crippen LogP contribution >= 0.6 is 11.3 Å². The Balaban J connectivity index is 1.32. The van der Waals surface area contributed by atoms with Gasteiger partial charge in [0.2, 0.25) is 0 Å². The van der Waals surface area contributed by atoms with E-state index in [1.54, 1.807) is 11.3 Å². The molecule has 0 spiro atoms. The Hall–Kier alpha value is -0.830. The third-order valence-corrected chi connectivity index (χ3v) is 12.8. The highest BCUT2D eigenvalue weighted by Gasteiger charge is 2.60. The van der Waals surface area contributed by atoms with E-state index in [0.717, 1.165) is 46.3 Å². The Labute approximate surface area is 219 Å². The molecule has 0 amide bonds. The molecule has 3 fully saturated rings. The molecular formula is C32H50O2S. The summed E-state index contributed by atoms with van der Waals surface area (Å²) in [6, 6.07) is 2.19. The number of hydrogen-bond donors (Lipinski definition) is 0. The highest BCUT2D eigenvalue weighted by molar-refractivity contribution is 7.14. The van der Waals surface area contributed by atoms with Crippen molar-refractivity contribution in [3.05, 3.63) is 21.4 Å². The summed E-state index contributed by atoms with van der Waals surface area (Å²) in [5.74, 6) is 6.07. The highest BCUT2D eigenvalue weighted by atomic mass is 32.1. The van der Waals surface area contributed by atoms with Gasteiger partial charge in [-0.15, -0.1) is 11.3 Å². The van der Waals surface area contributed by atoms with E-state index in [-0.39, 0.29) is 5.97 Å². The maximum absolute atomic E-state index is 12.4. The summed E-state index contributed by atoms with van der Waals surface area (Å²) in [5, 5.41) is 0. The van der Waals surface area contributed by atoms with Crippen molar-refractivity contribution in [2.45, 2.75) is 112 Å². The quantitative estimate of drug-likeness (QED) is 0.351. The summed E-state index contributed by atoms with van der Waals surface area (Å²) in [5.41, 5.74) is 2.44. The Morgan fingerprint density at radius 3 is 2.57 bits per heavy atom. The molecule has 0 aliphatic heterocycles. The molecular weight excluding hydrogens is 448 g/mol. The van der Waals surface area contributed by atoms with Crippen LogP contribution in [0.25, 0.3) is 0 Å². The van der Waals surface area contributed by atoms with Gasteiger partial charge in [0.15, 0.2) is 0 Å². The molecule has 2 nitrogen and oxygen atoms in total. The fraction of sp³-hybridized carbons (Fsp3) is 0.844. The monoisotopic (exact) mass is 498 g/mol. The third-order valence-electron chi connectivity index (χ3n) is 11.6. The zero-order valence-corrected chi connectivity index (χ0v) is 24.1. The summed E-state index contributed by atoms with van der Waals surface area (Å²) in [4.78, 5) is 14.7. The summed E-state index contributed by atoms with van der Waals surface area (Å²) >= 11 is 1.72. The van der Waals surface area contributed by atoms with Gasteiger partial charge in [-0.25, -0.2) is 4.79 Å². The van der Waals surface area contributed by atoms with Crippen molar-refractivity contribution < 1.29 is 9.53 Å². The van der Waals surface area contributed by atoms with Gasteiger partial charge in [-0.2, -0.15) is 0 Å². The van der Waals surface area contributed by atoms with Crippen LogP contribution in [-0.2, 0) is 17.6 Å². The van der Waals surface area contributed by atoms with Crippen LogP contribution in [0.1, 0.15) is 119 Å². The number of fused-ring (bicyclic) bond motifs is 6.